The number of hydrogen-bond donors (Lipinski definition) is 2. The van der Waals surface area contributed by atoms with Crippen LogP contribution in [0.4, 0.5) is 0 Å². The van der Waals surface area contributed by atoms with Gasteiger partial charge in [-0.25, -0.2) is 0 Å². The fourth-order valence-corrected chi connectivity index (χ4v) is 2.64. The Hall–Kier alpha value is -2.93. The molecule has 2 aromatic rings. The van der Waals surface area contributed by atoms with Gasteiger partial charge in [0.2, 0.25) is 5.91 Å². The molecule has 0 saturated carbocycles. The number of rotatable bonds is 5. The number of ether oxygens (including phenoxy) is 1. The van der Waals surface area contributed by atoms with Gasteiger partial charge >= 0.3 is 0 Å². The van der Waals surface area contributed by atoms with Crippen molar-refractivity contribution in [1.82, 2.24) is 20.4 Å². The predicted molar refractivity (Wildman–Crippen MR) is 92.4 cm³/mol. The highest BCUT2D eigenvalue weighted by Crippen LogP contribution is 2.16. The van der Waals surface area contributed by atoms with Crippen LogP contribution in [-0.4, -0.2) is 52.7 Å². The Labute approximate surface area is 145 Å². The molecular formula is C18H20N4O3. The average molecular weight is 340 g/mol. The highest BCUT2D eigenvalue weighted by atomic mass is 16.5. The lowest BCUT2D eigenvalue weighted by atomic mass is 10.1. The molecule has 3 rings (SSSR count). The number of H-pyrrole nitrogens is 1. The number of carbonyl (C=O) groups excluding carboxylic acids is 2. The number of hydrogen-bond acceptors (Lipinski definition) is 4. The third-order valence-electron chi connectivity index (χ3n) is 4.00. The number of aromatic nitrogens is 2. The second-order valence-electron chi connectivity index (χ2n) is 5.71. The van der Waals surface area contributed by atoms with Crippen LogP contribution in [0.25, 0.3) is 11.3 Å². The summed E-state index contributed by atoms with van der Waals surface area (Å²) in [7, 11) is 0. The molecule has 0 unspecified atom stereocenters. The van der Waals surface area contributed by atoms with E-state index in [1.807, 2.05) is 36.4 Å². The number of benzene rings is 1. The van der Waals surface area contributed by atoms with E-state index in [9.17, 15) is 9.59 Å². The number of carbonyl (C=O) groups is 2. The highest BCUT2D eigenvalue weighted by Gasteiger charge is 2.28. The topological polar surface area (TPSA) is 87.3 Å². The van der Waals surface area contributed by atoms with E-state index in [0.29, 0.717) is 19.7 Å². The van der Waals surface area contributed by atoms with Crippen molar-refractivity contribution >= 4 is 11.8 Å². The fourth-order valence-electron chi connectivity index (χ4n) is 2.64. The first-order valence-corrected chi connectivity index (χ1v) is 8.07. The smallest absolute Gasteiger partial charge is 0.251 e. The first-order valence-electron chi connectivity index (χ1n) is 8.07. The first kappa shape index (κ1) is 16.9. The molecule has 0 radical (unpaired) electrons. The van der Waals surface area contributed by atoms with Crippen LogP contribution >= 0.6 is 0 Å². The van der Waals surface area contributed by atoms with Crippen molar-refractivity contribution in [2.75, 3.05) is 19.7 Å². The molecule has 2 heterocycles. The minimum atomic E-state index is -0.672. The Morgan fingerprint density at radius 2 is 2.20 bits per heavy atom. The summed E-state index contributed by atoms with van der Waals surface area (Å²) in [5, 5.41) is 9.98. The molecule has 2 amide bonds. The molecule has 1 saturated heterocycles. The molecule has 0 spiro atoms. The van der Waals surface area contributed by atoms with Gasteiger partial charge in [-0.2, -0.15) is 5.10 Å². The van der Waals surface area contributed by atoms with E-state index in [1.165, 1.54) is 6.08 Å². The largest absolute Gasteiger partial charge is 0.365 e. The lowest BCUT2D eigenvalue weighted by molar-refractivity contribution is -0.144. The van der Waals surface area contributed by atoms with Gasteiger partial charge in [-0.05, 0) is 12.1 Å². The van der Waals surface area contributed by atoms with Crippen LogP contribution in [0.5, 0.6) is 0 Å². The summed E-state index contributed by atoms with van der Waals surface area (Å²) in [5.74, 6) is -0.445. The molecule has 130 valence electrons. The Balaban J connectivity index is 1.55. The van der Waals surface area contributed by atoms with Crippen LogP contribution in [0.1, 0.15) is 5.69 Å². The van der Waals surface area contributed by atoms with Crippen molar-refractivity contribution in [3.05, 3.63) is 54.7 Å². The van der Waals surface area contributed by atoms with Crippen LogP contribution in [0, 0.1) is 0 Å². The normalized spacial score (nSPS) is 17.1. The van der Waals surface area contributed by atoms with Crippen molar-refractivity contribution in [2.45, 2.75) is 12.6 Å². The molecule has 7 heteroatoms. The summed E-state index contributed by atoms with van der Waals surface area (Å²) < 4.78 is 5.46. The average Bonchev–Trinajstić information content (AvgIpc) is 3.15. The van der Waals surface area contributed by atoms with Gasteiger partial charge in [0.05, 0.1) is 31.1 Å². The van der Waals surface area contributed by atoms with E-state index in [1.54, 1.807) is 4.90 Å². The molecule has 1 aliphatic rings. The van der Waals surface area contributed by atoms with Crippen LogP contribution in [0.15, 0.2) is 49.1 Å². The summed E-state index contributed by atoms with van der Waals surface area (Å²) in [5.41, 5.74) is 2.62. The lowest BCUT2D eigenvalue weighted by Crippen LogP contribution is -2.51. The zero-order valence-electron chi connectivity index (χ0n) is 13.8. The molecule has 1 aliphatic heterocycles. The van der Waals surface area contributed by atoms with Gasteiger partial charge in [-0.3, -0.25) is 14.7 Å². The summed E-state index contributed by atoms with van der Waals surface area (Å²) in [4.78, 5) is 25.5. The van der Waals surface area contributed by atoms with Crippen molar-refractivity contribution in [1.29, 1.82) is 0 Å². The molecule has 1 aromatic carbocycles. The van der Waals surface area contributed by atoms with Crippen LogP contribution < -0.4 is 5.32 Å². The Morgan fingerprint density at radius 1 is 1.40 bits per heavy atom. The zero-order chi connectivity index (χ0) is 17.6. The number of nitrogens with zero attached hydrogens (tertiary/aromatic N) is 2. The number of nitrogens with one attached hydrogen (secondary N) is 2. The monoisotopic (exact) mass is 340 g/mol. The molecule has 25 heavy (non-hydrogen) atoms. The van der Waals surface area contributed by atoms with Crippen LogP contribution in [0.3, 0.4) is 0 Å². The van der Waals surface area contributed by atoms with Gasteiger partial charge in [0.15, 0.2) is 6.10 Å². The summed E-state index contributed by atoms with van der Waals surface area (Å²) in [6.45, 7) is 4.81. The van der Waals surface area contributed by atoms with E-state index in [2.05, 4.69) is 22.1 Å². The van der Waals surface area contributed by atoms with Gasteiger partial charge in [0.1, 0.15) is 0 Å². The van der Waals surface area contributed by atoms with Crippen molar-refractivity contribution in [3.63, 3.8) is 0 Å². The van der Waals surface area contributed by atoms with Crippen molar-refractivity contribution < 1.29 is 14.3 Å². The second-order valence-corrected chi connectivity index (χ2v) is 5.71. The molecule has 1 atom stereocenters. The third kappa shape index (κ3) is 4.13. The van der Waals surface area contributed by atoms with Crippen molar-refractivity contribution in [2.24, 2.45) is 0 Å². The van der Waals surface area contributed by atoms with E-state index < -0.39 is 6.10 Å². The SMILES string of the molecule is C=CC(=O)N1CCO[C@H](C(=O)NCc2cc(-c3ccccc3)n[nH]2)C1. The van der Waals surface area contributed by atoms with E-state index >= 15 is 0 Å². The summed E-state index contributed by atoms with van der Waals surface area (Å²) in [6, 6.07) is 11.7. The Bertz CT molecular complexity index is 757. The van der Waals surface area contributed by atoms with Gasteiger partial charge in [0, 0.05) is 12.1 Å². The quantitative estimate of drug-likeness (QED) is 0.798. The van der Waals surface area contributed by atoms with Gasteiger partial charge in [0.25, 0.3) is 5.91 Å². The predicted octanol–water partition coefficient (Wildman–Crippen LogP) is 1.11. The van der Waals surface area contributed by atoms with E-state index in [-0.39, 0.29) is 18.4 Å². The number of amides is 2. The highest BCUT2D eigenvalue weighted by molar-refractivity contribution is 5.88. The maximum atomic E-state index is 12.3. The number of aromatic amines is 1. The van der Waals surface area contributed by atoms with E-state index in [0.717, 1.165) is 17.0 Å². The molecular weight excluding hydrogens is 320 g/mol. The molecule has 0 aliphatic carbocycles. The maximum Gasteiger partial charge on any atom is 0.251 e. The minimum Gasteiger partial charge on any atom is -0.365 e. The van der Waals surface area contributed by atoms with Crippen LogP contribution in [0.2, 0.25) is 0 Å². The zero-order valence-corrected chi connectivity index (χ0v) is 13.8. The lowest BCUT2D eigenvalue weighted by Gasteiger charge is -2.31. The number of morpholine rings is 1. The summed E-state index contributed by atoms with van der Waals surface area (Å²) in [6.07, 6.45) is 0.574. The summed E-state index contributed by atoms with van der Waals surface area (Å²) >= 11 is 0. The molecule has 7 nitrogen and oxygen atoms in total. The second kappa shape index (κ2) is 7.76. The molecule has 1 fully saturated rings. The fraction of sp³-hybridized carbons (Fsp3) is 0.278. The van der Waals surface area contributed by atoms with Gasteiger partial charge in [-0.1, -0.05) is 36.9 Å². The van der Waals surface area contributed by atoms with E-state index in [4.69, 9.17) is 4.74 Å². The Morgan fingerprint density at radius 3 is 2.96 bits per heavy atom. The first-order chi connectivity index (χ1) is 12.2. The van der Waals surface area contributed by atoms with Gasteiger partial charge < -0.3 is 15.0 Å². The standard InChI is InChI=1S/C18H20N4O3/c1-2-17(23)22-8-9-25-16(12-22)18(24)19-11-14-10-15(21-20-14)13-6-4-3-5-7-13/h2-7,10,16H,1,8-9,11-12H2,(H,19,24)(H,20,21)/t16-/m0/s1. The molecule has 2 N–H and O–H groups in total. The third-order valence-corrected chi connectivity index (χ3v) is 4.00. The van der Waals surface area contributed by atoms with Crippen molar-refractivity contribution in [3.8, 4) is 11.3 Å². The van der Waals surface area contributed by atoms with Crippen LogP contribution in [-0.2, 0) is 20.9 Å². The Kier molecular flexibility index (Phi) is 5.25. The van der Waals surface area contributed by atoms with Gasteiger partial charge in [-0.15, -0.1) is 0 Å². The minimum absolute atomic E-state index is 0.192. The molecule has 0 bridgehead atoms. The maximum absolute atomic E-state index is 12.3. The molecule has 1 aromatic heterocycles.